The summed E-state index contributed by atoms with van der Waals surface area (Å²) >= 11 is 0. The Labute approximate surface area is 132 Å². The summed E-state index contributed by atoms with van der Waals surface area (Å²) in [6.45, 7) is 0. The van der Waals surface area contributed by atoms with Crippen LogP contribution in [0.5, 0.6) is 0 Å². The van der Waals surface area contributed by atoms with Crippen molar-refractivity contribution in [3.05, 3.63) is 48.0 Å². The molecule has 2 aliphatic rings. The minimum absolute atomic E-state index is 0.338. The Kier molecular flexibility index (Phi) is 3.61. The highest BCUT2D eigenvalue weighted by atomic mass is 16.2. The minimum atomic E-state index is 0.338. The van der Waals surface area contributed by atoms with E-state index >= 15 is 0 Å². The van der Waals surface area contributed by atoms with E-state index in [0.29, 0.717) is 24.4 Å². The Hall–Kier alpha value is -1.83. The maximum absolute atomic E-state index is 12.8. The molecule has 22 heavy (non-hydrogen) atoms. The SMILES string of the molecule is O=C(Cc1ccc2ccccc2c1)N(C1CCCC1)C1CC1. The van der Waals surface area contributed by atoms with Crippen LogP contribution >= 0.6 is 0 Å². The normalized spacial score (nSPS) is 18.7. The van der Waals surface area contributed by atoms with Gasteiger partial charge in [-0.15, -0.1) is 0 Å². The van der Waals surface area contributed by atoms with E-state index in [0.717, 1.165) is 5.56 Å². The quantitative estimate of drug-likeness (QED) is 0.822. The molecule has 2 heteroatoms. The van der Waals surface area contributed by atoms with Crippen LogP contribution in [0.3, 0.4) is 0 Å². The van der Waals surface area contributed by atoms with Crippen LogP contribution in [0, 0.1) is 0 Å². The number of nitrogens with zero attached hydrogens (tertiary/aromatic N) is 1. The molecule has 114 valence electrons. The lowest BCUT2D eigenvalue weighted by molar-refractivity contribution is -0.133. The topological polar surface area (TPSA) is 20.3 Å². The van der Waals surface area contributed by atoms with Crippen LogP contribution in [0.4, 0.5) is 0 Å². The van der Waals surface area contributed by atoms with Gasteiger partial charge in [-0.1, -0.05) is 55.3 Å². The number of carbonyl (C=O) groups is 1. The predicted molar refractivity (Wildman–Crippen MR) is 89.8 cm³/mol. The van der Waals surface area contributed by atoms with E-state index in [2.05, 4.69) is 47.4 Å². The average Bonchev–Trinajstić information content (AvgIpc) is 3.21. The number of fused-ring (bicyclic) bond motifs is 1. The number of amides is 1. The summed E-state index contributed by atoms with van der Waals surface area (Å²) in [5.74, 6) is 0.338. The fourth-order valence-corrected chi connectivity index (χ4v) is 3.86. The van der Waals surface area contributed by atoms with Crippen molar-refractivity contribution in [2.24, 2.45) is 0 Å². The number of benzene rings is 2. The second kappa shape index (κ2) is 5.75. The van der Waals surface area contributed by atoms with E-state index in [1.807, 2.05) is 0 Å². The Morgan fingerprint density at radius 1 is 0.909 bits per heavy atom. The summed E-state index contributed by atoms with van der Waals surface area (Å²) in [6, 6.07) is 15.8. The second-order valence-corrected chi connectivity index (χ2v) is 6.83. The van der Waals surface area contributed by atoms with Gasteiger partial charge < -0.3 is 4.90 Å². The molecule has 0 unspecified atom stereocenters. The number of hydrogen-bond acceptors (Lipinski definition) is 1. The molecule has 0 bridgehead atoms. The molecule has 2 nitrogen and oxygen atoms in total. The molecule has 2 fully saturated rings. The summed E-state index contributed by atoms with van der Waals surface area (Å²) in [7, 11) is 0. The first-order valence-corrected chi connectivity index (χ1v) is 8.60. The first-order chi connectivity index (χ1) is 10.8. The van der Waals surface area contributed by atoms with Gasteiger partial charge in [0, 0.05) is 12.1 Å². The van der Waals surface area contributed by atoms with Crippen molar-refractivity contribution in [1.29, 1.82) is 0 Å². The lowest BCUT2D eigenvalue weighted by Gasteiger charge is -2.29. The van der Waals surface area contributed by atoms with Gasteiger partial charge in [-0.25, -0.2) is 0 Å². The van der Waals surface area contributed by atoms with Gasteiger partial charge in [-0.3, -0.25) is 4.79 Å². The zero-order valence-electron chi connectivity index (χ0n) is 13.0. The molecule has 0 atom stereocenters. The maximum Gasteiger partial charge on any atom is 0.227 e. The van der Waals surface area contributed by atoms with Crippen LogP contribution in [0.1, 0.15) is 44.1 Å². The molecule has 2 aromatic rings. The lowest BCUT2D eigenvalue weighted by Crippen LogP contribution is -2.41. The Bertz CT molecular complexity index is 683. The standard InChI is InChI=1S/C20H23NO/c22-20(21(19-11-12-19)18-7-3-4-8-18)14-15-9-10-16-5-1-2-6-17(16)13-15/h1-2,5-6,9-10,13,18-19H,3-4,7-8,11-12,14H2. The van der Waals surface area contributed by atoms with Crippen molar-refractivity contribution >= 4 is 16.7 Å². The Morgan fingerprint density at radius 3 is 2.32 bits per heavy atom. The van der Waals surface area contributed by atoms with Gasteiger partial charge in [0.05, 0.1) is 6.42 Å². The van der Waals surface area contributed by atoms with Crippen LogP contribution < -0.4 is 0 Å². The van der Waals surface area contributed by atoms with Crippen molar-refractivity contribution in [2.45, 2.75) is 57.0 Å². The molecule has 0 heterocycles. The molecule has 0 spiro atoms. The summed E-state index contributed by atoms with van der Waals surface area (Å²) in [5, 5.41) is 2.47. The van der Waals surface area contributed by atoms with Gasteiger partial charge in [0.1, 0.15) is 0 Å². The molecular formula is C20H23NO. The van der Waals surface area contributed by atoms with Crippen LogP contribution in [-0.2, 0) is 11.2 Å². The van der Waals surface area contributed by atoms with Crippen LogP contribution in [-0.4, -0.2) is 22.9 Å². The predicted octanol–water partition coefficient (Wildman–Crippen LogP) is 4.32. The molecule has 0 N–H and O–H groups in total. The molecule has 0 aromatic heterocycles. The smallest absolute Gasteiger partial charge is 0.227 e. The van der Waals surface area contributed by atoms with E-state index in [-0.39, 0.29) is 0 Å². The Morgan fingerprint density at radius 2 is 1.59 bits per heavy atom. The van der Waals surface area contributed by atoms with E-state index < -0.39 is 0 Å². The monoisotopic (exact) mass is 293 g/mol. The minimum Gasteiger partial charge on any atom is -0.336 e. The third-order valence-electron chi connectivity index (χ3n) is 5.12. The maximum atomic E-state index is 12.8. The fourth-order valence-electron chi connectivity index (χ4n) is 3.86. The highest BCUT2D eigenvalue weighted by Gasteiger charge is 2.37. The van der Waals surface area contributed by atoms with Crippen molar-refractivity contribution in [3.63, 3.8) is 0 Å². The molecule has 2 aliphatic carbocycles. The molecule has 2 saturated carbocycles. The van der Waals surface area contributed by atoms with Crippen molar-refractivity contribution < 1.29 is 4.79 Å². The summed E-state index contributed by atoms with van der Waals surface area (Å²) in [4.78, 5) is 15.1. The highest BCUT2D eigenvalue weighted by molar-refractivity contribution is 5.85. The molecule has 1 amide bonds. The van der Waals surface area contributed by atoms with E-state index in [4.69, 9.17) is 0 Å². The van der Waals surface area contributed by atoms with Crippen LogP contribution in [0.25, 0.3) is 10.8 Å². The number of hydrogen-bond donors (Lipinski definition) is 0. The molecule has 0 saturated heterocycles. The van der Waals surface area contributed by atoms with Gasteiger partial charge in [-0.2, -0.15) is 0 Å². The molecule has 0 radical (unpaired) electrons. The fraction of sp³-hybridized carbons (Fsp3) is 0.450. The van der Waals surface area contributed by atoms with E-state index in [1.165, 1.54) is 49.3 Å². The zero-order chi connectivity index (χ0) is 14.9. The van der Waals surface area contributed by atoms with Crippen LogP contribution in [0.15, 0.2) is 42.5 Å². The van der Waals surface area contributed by atoms with Crippen LogP contribution in [0.2, 0.25) is 0 Å². The Balaban J connectivity index is 1.53. The van der Waals surface area contributed by atoms with Gasteiger partial charge in [0.25, 0.3) is 0 Å². The number of rotatable bonds is 4. The summed E-state index contributed by atoms with van der Waals surface area (Å²) < 4.78 is 0. The summed E-state index contributed by atoms with van der Waals surface area (Å²) in [5.41, 5.74) is 1.15. The average molecular weight is 293 g/mol. The molecule has 4 rings (SSSR count). The number of carbonyl (C=O) groups excluding carboxylic acids is 1. The van der Waals surface area contributed by atoms with Crippen molar-refractivity contribution in [2.75, 3.05) is 0 Å². The van der Waals surface area contributed by atoms with Gasteiger partial charge in [0.15, 0.2) is 0 Å². The summed E-state index contributed by atoms with van der Waals surface area (Å²) in [6.07, 6.45) is 7.96. The first-order valence-electron chi connectivity index (χ1n) is 8.60. The van der Waals surface area contributed by atoms with Gasteiger partial charge in [-0.05, 0) is 42.0 Å². The van der Waals surface area contributed by atoms with Gasteiger partial charge >= 0.3 is 0 Å². The van der Waals surface area contributed by atoms with Crippen molar-refractivity contribution in [3.8, 4) is 0 Å². The first kappa shape index (κ1) is 13.8. The van der Waals surface area contributed by atoms with E-state index in [9.17, 15) is 4.79 Å². The highest BCUT2D eigenvalue weighted by Crippen LogP contribution is 2.35. The third-order valence-corrected chi connectivity index (χ3v) is 5.12. The largest absolute Gasteiger partial charge is 0.336 e. The van der Waals surface area contributed by atoms with Gasteiger partial charge in [0.2, 0.25) is 5.91 Å². The molecule has 2 aromatic carbocycles. The molecule has 0 aliphatic heterocycles. The zero-order valence-corrected chi connectivity index (χ0v) is 13.0. The van der Waals surface area contributed by atoms with Crippen molar-refractivity contribution in [1.82, 2.24) is 4.90 Å². The third kappa shape index (κ3) is 2.75. The van der Waals surface area contributed by atoms with E-state index in [1.54, 1.807) is 0 Å². The lowest BCUT2D eigenvalue weighted by atomic mass is 10.0. The second-order valence-electron chi connectivity index (χ2n) is 6.83. The molecular weight excluding hydrogens is 270 g/mol.